The maximum absolute atomic E-state index is 13.6. The highest BCUT2D eigenvalue weighted by atomic mass is 32.1. The van der Waals surface area contributed by atoms with Gasteiger partial charge in [-0.1, -0.05) is 26.0 Å². The first-order valence-electron chi connectivity index (χ1n) is 12.1. The van der Waals surface area contributed by atoms with Crippen LogP contribution in [0.15, 0.2) is 48.4 Å². The molecule has 0 fully saturated rings. The van der Waals surface area contributed by atoms with Crippen molar-refractivity contribution in [3.63, 3.8) is 0 Å². The smallest absolute Gasteiger partial charge is 0.237 e. The fourth-order valence-corrected chi connectivity index (χ4v) is 5.19. The Morgan fingerprint density at radius 3 is 2.94 bits per heavy atom. The Morgan fingerprint density at radius 2 is 2.21 bits per heavy atom. The average Bonchev–Trinajstić information content (AvgIpc) is 3.28. The van der Waals surface area contributed by atoms with Crippen molar-refractivity contribution >= 4 is 17.2 Å². The summed E-state index contributed by atoms with van der Waals surface area (Å²) in [5.74, 6) is 0.655. The molecule has 0 bridgehead atoms. The summed E-state index contributed by atoms with van der Waals surface area (Å²) in [5, 5.41) is 12.5. The predicted octanol–water partition coefficient (Wildman–Crippen LogP) is 5.07. The second-order valence-corrected chi connectivity index (χ2v) is 10.4. The molecule has 186 valence electrons. The van der Waals surface area contributed by atoms with Crippen LogP contribution in [0.4, 0.5) is 4.39 Å². The van der Waals surface area contributed by atoms with E-state index in [-0.39, 0.29) is 30.9 Å². The summed E-state index contributed by atoms with van der Waals surface area (Å²) in [7, 11) is 0. The monoisotopic (exact) mass is 488 g/mol. The summed E-state index contributed by atoms with van der Waals surface area (Å²) in [4.78, 5) is 18.8. The topological polar surface area (TPSA) is 53.0 Å². The zero-order valence-electron chi connectivity index (χ0n) is 20.3. The maximum atomic E-state index is 13.6. The Hall–Kier alpha value is -2.22. The normalized spacial score (nSPS) is 16.5. The lowest BCUT2D eigenvalue weighted by Gasteiger charge is -2.37. The number of thiophene rings is 1. The molecule has 1 aliphatic rings. The molecule has 7 heteroatoms. The molecule has 2 aromatic rings. The number of allylic oxidation sites excluding steroid dienone is 1. The molecule has 1 aromatic carbocycles. The fraction of sp³-hybridized carbons (Fsp3) is 0.519. The summed E-state index contributed by atoms with van der Waals surface area (Å²) < 4.78 is 19.5. The van der Waals surface area contributed by atoms with Gasteiger partial charge in [0.05, 0.1) is 18.7 Å². The predicted molar refractivity (Wildman–Crippen MR) is 136 cm³/mol. The van der Waals surface area contributed by atoms with Crippen molar-refractivity contribution in [1.82, 2.24) is 9.80 Å². The third-order valence-corrected chi connectivity index (χ3v) is 7.17. The summed E-state index contributed by atoms with van der Waals surface area (Å²) >= 11 is 1.70. The first kappa shape index (κ1) is 26.4. The van der Waals surface area contributed by atoms with Gasteiger partial charge in [-0.15, -0.1) is 17.9 Å². The minimum Gasteiger partial charge on any atom is -0.491 e. The molecule has 5 nitrogen and oxygen atoms in total. The zero-order chi connectivity index (χ0) is 24.5. The first-order valence-corrected chi connectivity index (χ1v) is 13.0. The highest BCUT2D eigenvalue weighted by Gasteiger charge is 2.33. The van der Waals surface area contributed by atoms with E-state index in [1.54, 1.807) is 23.5 Å². The Bertz CT molecular complexity index is 932. The Balaban J connectivity index is 1.71. The van der Waals surface area contributed by atoms with Gasteiger partial charge in [0.15, 0.2) is 0 Å². The number of rotatable bonds is 13. The molecule has 0 saturated carbocycles. The highest BCUT2D eigenvalue weighted by Crippen LogP contribution is 2.34. The lowest BCUT2D eigenvalue weighted by Crippen LogP contribution is -2.48. The number of amides is 1. The summed E-state index contributed by atoms with van der Waals surface area (Å²) in [5.41, 5.74) is 1.11. The van der Waals surface area contributed by atoms with Gasteiger partial charge in [-0.05, 0) is 67.3 Å². The number of benzene rings is 1. The molecule has 2 atom stereocenters. The van der Waals surface area contributed by atoms with Crippen LogP contribution in [0.2, 0.25) is 0 Å². The van der Waals surface area contributed by atoms with Crippen LogP contribution in [-0.2, 0) is 11.2 Å². The number of hydrogen-bond acceptors (Lipinski definition) is 5. The minimum absolute atomic E-state index is 0.0318. The molecule has 1 aromatic heterocycles. The number of hydrogen-bond donors (Lipinski definition) is 1. The summed E-state index contributed by atoms with van der Waals surface area (Å²) in [6.45, 7) is 10.4. The van der Waals surface area contributed by atoms with Crippen molar-refractivity contribution in [1.29, 1.82) is 0 Å². The van der Waals surface area contributed by atoms with Crippen LogP contribution in [-0.4, -0.2) is 59.7 Å². The SMILES string of the molecule is C=CCC[C@@H](O)CN(CCC(C)C)CC(=O)N1CCc2sccc2[C@H]1COc1cccc(F)c1. The number of aliphatic hydroxyl groups is 1. The number of halogens is 1. The lowest BCUT2D eigenvalue weighted by atomic mass is 10.00. The van der Waals surface area contributed by atoms with Gasteiger partial charge in [-0.2, -0.15) is 0 Å². The summed E-state index contributed by atoms with van der Waals surface area (Å²) in [6, 6.07) is 7.94. The third-order valence-electron chi connectivity index (χ3n) is 6.17. The Labute approximate surface area is 206 Å². The van der Waals surface area contributed by atoms with Gasteiger partial charge in [0, 0.05) is 24.0 Å². The number of carbonyl (C=O) groups is 1. The molecule has 0 radical (unpaired) electrons. The van der Waals surface area contributed by atoms with E-state index in [9.17, 15) is 14.3 Å². The van der Waals surface area contributed by atoms with E-state index >= 15 is 0 Å². The van der Waals surface area contributed by atoms with Gasteiger partial charge in [0.1, 0.15) is 18.2 Å². The molecule has 34 heavy (non-hydrogen) atoms. The van der Waals surface area contributed by atoms with E-state index < -0.39 is 6.10 Å². The van der Waals surface area contributed by atoms with E-state index in [4.69, 9.17) is 4.74 Å². The zero-order valence-corrected chi connectivity index (χ0v) is 21.1. The molecule has 0 unspecified atom stereocenters. The quantitative estimate of drug-likeness (QED) is 0.400. The van der Waals surface area contributed by atoms with Gasteiger partial charge in [-0.3, -0.25) is 9.69 Å². The molecular weight excluding hydrogens is 451 g/mol. The van der Waals surface area contributed by atoms with Gasteiger partial charge in [0.2, 0.25) is 5.91 Å². The first-order chi connectivity index (χ1) is 16.4. The number of aliphatic hydroxyl groups excluding tert-OH is 1. The van der Waals surface area contributed by atoms with Gasteiger partial charge in [0.25, 0.3) is 0 Å². The van der Waals surface area contributed by atoms with Crippen molar-refractivity contribution in [2.24, 2.45) is 5.92 Å². The van der Waals surface area contributed by atoms with Crippen LogP contribution in [0.3, 0.4) is 0 Å². The van der Waals surface area contributed by atoms with Crippen molar-refractivity contribution < 1.29 is 19.0 Å². The molecule has 0 spiro atoms. The molecule has 0 saturated heterocycles. The molecular formula is C27H37FN2O3S. The van der Waals surface area contributed by atoms with E-state index in [2.05, 4.69) is 36.8 Å². The van der Waals surface area contributed by atoms with Crippen LogP contribution in [0.25, 0.3) is 0 Å². The van der Waals surface area contributed by atoms with Crippen LogP contribution < -0.4 is 4.74 Å². The standard InChI is InChI=1S/C27H37FN2O3S/c1-4-5-8-22(31)17-29(13-10-20(2)3)18-27(32)30-14-11-26-24(12-15-34-26)25(30)19-33-23-9-6-7-21(28)16-23/h4,6-7,9,12,15-16,20,22,25,31H,1,5,8,10-11,13-14,17-19H2,2-3H3/t22-,25-/m1/s1. The number of carbonyl (C=O) groups excluding carboxylic acids is 1. The highest BCUT2D eigenvalue weighted by molar-refractivity contribution is 7.10. The van der Waals surface area contributed by atoms with Crippen LogP contribution >= 0.6 is 11.3 Å². The number of fused-ring (bicyclic) bond motifs is 1. The van der Waals surface area contributed by atoms with E-state index in [0.717, 1.165) is 31.4 Å². The van der Waals surface area contributed by atoms with E-state index in [1.807, 2.05) is 11.0 Å². The van der Waals surface area contributed by atoms with E-state index in [1.165, 1.54) is 17.0 Å². The Morgan fingerprint density at radius 1 is 1.38 bits per heavy atom. The number of nitrogens with zero attached hydrogens (tertiary/aromatic N) is 2. The molecule has 2 heterocycles. The largest absolute Gasteiger partial charge is 0.491 e. The van der Waals surface area contributed by atoms with Crippen LogP contribution in [0.1, 0.15) is 49.6 Å². The molecule has 1 amide bonds. The lowest BCUT2D eigenvalue weighted by molar-refractivity contribution is -0.136. The second-order valence-electron chi connectivity index (χ2n) is 9.36. The summed E-state index contributed by atoms with van der Waals surface area (Å²) in [6.07, 6.45) is 4.49. The van der Waals surface area contributed by atoms with Crippen molar-refractivity contribution in [2.45, 2.75) is 51.7 Å². The molecule has 1 aliphatic heterocycles. The van der Waals surface area contributed by atoms with Crippen molar-refractivity contribution in [3.05, 3.63) is 64.6 Å². The van der Waals surface area contributed by atoms with Gasteiger partial charge >= 0.3 is 0 Å². The third kappa shape index (κ3) is 7.65. The maximum Gasteiger partial charge on any atom is 0.237 e. The molecule has 3 rings (SSSR count). The van der Waals surface area contributed by atoms with Crippen molar-refractivity contribution in [3.8, 4) is 5.75 Å². The molecule has 1 N–H and O–H groups in total. The van der Waals surface area contributed by atoms with Crippen LogP contribution in [0.5, 0.6) is 5.75 Å². The number of ether oxygens (including phenoxy) is 1. The van der Waals surface area contributed by atoms with E-state index in [0.29, 0.717) is 31.2 Å². The molecule has 0 aliphatic carbocycles. The van der Waals surface area contributed by atoms with Crippen LogP contribution in [0, 0.1) is 11.7 Å². The Kier molecular flexibility index (Phi) is 10.1. The van der Waals surface area contributed by atoms with Crippen molar-refractivity contribution in [2.75, 3.05) is 32.8 Å². The second kappa shape index (κ2) is 13.0. The fourth-order valence-electron chi connectivity index (χ4n) is 4.26. The minimum atomic E-state index is -0.491. The van der Waals surface area contributed by atoms with Gasteiger partial charge < -0.3 is 14.7 Å². The van der Waals surface area contributed by atoms with Gasteiger partial charge in [-0.25, -0.2) is 4.39 Å². The average molecular weight is 489 g/mol.